The molecular formula is C32H28O5. The van der Waals surface area contributed by atoms with Crippen molar-refractivity contribution in [1.29, 1.82) is 0 Å². The third-order valence-corrected chi connectivity index (χ3v) is 8.42. The minimum atomic E-state index is -1.15. The lowest BCUT2D eigenvalue weighted by atomic mass is 9.51. The Balaban J connectivity index is 1.14. The summed E-state index contributed by atoms with van der Waals surface area (Å²) in [4.78, 5) is 22.7. The third kappa shape index (κ3) is 4.72. The van der Waals surface area contributed by atoms with Crippen molar-refractivity contribution in [3.05, 3.63) is 94.5 Å². The van der Waals surface area contributed by atoms with Crippen LogP contribution in [0.3, 0.4) is 0 Å². The van der Waals surface area contributed by atoms with Crippen molar-refractivity contribution in [3.63, 3.8) is 0 Å². The van der Waals surface area contributed by atoms with E-state index < -0.39 is 11.9 Å². The summed E-state index contributed by atoms with van der Waals surface area (Å²) in [6, 6.07) is 19.7. The number of benzene rings is 3. The van der Waals surface area contributed by atoms with Gasteiger partial charge in [0.1, 0.15) is 11.5 Å². The summed E-state index contributed by atoms with van der Waals surface area (Å²) in [5, 5.41) is 18.6. The average Bonchev–Trinajstić information content (AvgIpc) is 2.88. The van der Waals surface area contributed by atoms with Gasteiger partial charge in [-0.2, -0.15) is 0 Å². The van der Waals surface area contributed by atoms with Crippen LogP contribution in [0.25, 0.3) is 0 Å². The number of hydrogen-bond acceptors (Lipinski definition) is 3. The zero-order valence-corrected chi connectivity index (χ0v) is 20.4. The molecule has 5 nitrogen and oxygen atoms in total. The van der Waals surface area contributed by atoms with Crippen molar-refractivity contribution in [2.75, 3.05) is 0 Å². The highest BCUT2D eigenvalue weighted by Crippen LogP contribution is 2.59. The maximum Gasteiger partial charge on any atom is 0.336 e. The van der Waals surface area contributed by atoms with E-state index in [4.69, 9.17) is 4.74 Å². The number of carbonyl (C=O) groups is 2. The predicted octanol–water partition coefficient (Wildman–Crippen LogP) is 6.81. The molecule has 4 aliphatic rings. The van der Waals surface area contributed by atoms with Gasteiger partial charge in [-0.05, 0) is 122 Å². The third-order valence-electron chi connectivity index (χ3n) is 8.42. The summed E-state index contributed by atoms with van der Waals surface area (Å²) >= 11 is 0. The highest BCUT2D eigenvalue weighted by Gasteiger charge is 2.48. The quantitative estimate of drug-likeness (QED) is 0.382. The Hall–Kier alpha value is -4.04. The first-order valence-electron chi connectivity index (χ1n) is 12.9. The van der Waals surface area contributed by atoms with Crippen LogP contribution in [0.15, 0.2) is 66.7 Å². The number of carboxylic acid groups (broad SMARTS) is 2. The molecule has 4 saturated carbocycles. The second-order valence-electron chi connectivity index (χ2n) is 10.8. The molecule has 186 valence electrons. The molecule has 37 heavy (non-hydrogen) atoms. The molecule has 4 aliphatic carbocycles. The van der Waals surface area contributed by atoms with E-state index in [2.05, 4.69) is 36.1 Å². The molecule has 4 bridgehead atoms. The van der Waals surface area contributed by atoms with Crippen molar-refractivity contribution >= 4 is 11.9 Å². The largest absolute Gasteiger partial charge is 0.478 e. The standard InChI is InChI=1S/C32H28O5/c33-31(34)24-7-12-29(32(35)36)23(18-24)4-1-19-2-8-27(9-3-19)37-28-10-5-22(6-11-28)30-25-14-20-13-21(16-25)17-26(30)15-20/h2-3,5-12,18,20-21,25-26,30H,13-17H2,(H,33,34)(H,35,36). The van der Waals surface area contributed by atoms with Gasteiger partial charge < -0.3 is 14.9 Å². The Morgan fingerprint density at radius 1 is 0.703 bits per heavy atom. The van der Waals surface area contributed by atoms with Crippen LogP contribution < -0.4 is 4.74 Å². The van der Waals surface area contributed by atoms with E-state index in [9.17, 15) is 19.8 Å². The first-order valence-corrected chi connectivity index (χ1v) is 12.9. The second kappa shape index (κ2) is 9.44. The number of hydrogen-bond donors (Lipinski definition) is 2. The normalized spacial score (nSPS) is 25.2. The number of rotatable bonds is 5. The average molecular weight is 493 g/mol. The molecule has 3 aromatic carbocycles. The second-order valence-corrected chi connectivity index (χ2v) is 10.8. The number of carboxylic acids is 2. The van der Waals surface area contributed by atoms with Crippen LogP contribution in [0.4, 0.5) is 0 Å². The molecule has 0 unspecified atom stereocenters. The maximum absolute atomic E-state index is 11.5. The summed E-state index contributed by atoms with van der Waals surface area (Å²) in [6.45, 7) is 0. The molecular weight excluding hydrogens is 464 g/mol. The molecule has 0 spiro atoms. The molecule has 0 amide bonds. The number of aromatic carboxylic acids is 2. The molecule has 3 aromatic rings. The topological polar surface area (TPSA) is 83.8 Å². The van der Waals surface area contributed by atoms with Crippen LogP contribution in [0.2, 0.25) is 0 Å². The fourth-order valence-corrected chi connectivity index (χ4v) is 7.08. The van der Waals surface area contributed by atoms with Crippen LogP contribution in [-0.2, 0) is 0 Å². The molecule has 0 atom stereocenters. The van der Waals surface area contributed by atoms with Gasteiger partial charge >= 0.3 is 11.9 Å². The lowest BCUT2D eigenvalue weighted by Gasteiger charge is -2.54. The van der Waals surface area contributed by atoms with E-state index in [1.165, 1.54) is 55.9 Å². The van der Waals surface area contributed by atoms with Gasteiger partial charge in [0.25, 0.3) is 0 Å². The van der Waals surface area contributed by atoms with E-state index in [0.29, 0.717) is 17.2 Å². The Morgan fingerprint density at radius 2 is 1.30 bits per heavy atom. The van der Waals surface area contributed by atoms with Crippen molar-refractivity contribution in [2.45, 2.75) is 38.0 Å². The van der Waals surface area contributed by atoms with Crippen molar-refractivity contribution < 1.29 is 24.5 Å². The molecule has 0 radical (unpaired) electrons. The summed E-state index contributed by atoms with van der Waals surface area (Å²) in [5.74, 6) is 9.29. The maximum atomic E-state index is 11.5. The van der Waals surface area contributed by atoms with E-state index in [1.807, 2.05) is 12.1 Å². The first kappa shape index (κ1) is 23.4. The van der Waals surface area contributed by atoms with E-state index in [-0.39, 0.29) is 16.7 Å². The highest BCUT2D eigenvalue weighted by molar-refractivity contribution is 5.94. The summed E-state index contributed by atoms with van der Waals surface area (Å²) in [7, 11) is 0. The van der Waals surface area contributed by atoms with Crippen LogP contribution in [0.5, 0.6) is 11.5 Å². The molecule has 0 saturated heterocycles. The van der Waals surface area contributed by atoms with Gasteiger partial charge in [-0.3, -0.25) is 0 Å². The van der Waals surface area contributed by atoms with Crippen molar-refractivity contribution in [2.24, 2.45) is 23.7 Å². The number of ether oxygens (including phenoxy) is 1. The van der Waals surface area contributed by atoms with Crippen LogP contribution >= 0.6 is 0 Å². The Labute approximate surface area is 216 Å². The lowest BCUT2D eigenvalue weighted by molar-refractivity contribution is -0.00279. The molecule has 7 rings (SSSR count). The van der Waals surface area contributed by atoms with Crippen molar-refractivity contribution in [3.8, 4) is 23.3 Å². The Morgan fingerprint density at radius 3 is 1.86 bits per heavy atom. The van der Waals surface area contributed by atoms with Gasteiger partial charge in [-0.25, -0.2) is 9.59 Å². The molecule has 0 aromatic heterocycles. The van der Waals surface area contributed by atoms with Gasteiger partial charge in [0.2, 0.25) is 0 Å². The summed E-state index contributed by atoms with van der Waals surface area (Å²) in [5.41, 5.74) is 2.25. The minimum Gasteiger partial charge on any atom is -0.478 e. The van der Waals surface area contributed by atoms with Gasteiger partial charge in [-0.15, -0.1) is 0 Å². The van der Waals surface area contributed by atoms with E-state index in [0.717, 1.165) is 29.4 Å². The monoisotopic (exact) mass is 492 g/mol. The van der Waals surface area contributed by atoms with Gasteiger partial charge in [0, 0.05) is 11.1 Å². The fraction of sp³-hybridized carbons (Fsp3) is 0.312. The molecule has 0 heterocycles. The zero-order valence-electron chi connectivity index (χ0n) is 20.4. The summed E-state index contributed by atoms with van der Waals surface area (Å²) in [6.07, 6.45) is 7.11. The molecule has 0 aliphatic heterocycles. The van der Waals surface area contributed by atoms with Gasteiger partial charge in [0.15, 0.2) is 0 Å². The first-order chi connectivity index (χ1) is 17.9. The van der Waals surface area contributed by atoms with Gasteiger partial charge in [0.05, 0.1) is 11.1 Å². The minimum absolute atomic E-state index is 0.00706. The smallest absolute Gasteiger partial charge is 0.336 e. The van der Waals surface area contributed by atoms with Crippen LogP contribution in [-0.4, -0.2) is 22.2 Å². The molecule has 2 N–H and O–H groups in total. The van der Waals surface area contributed by atoms with Gasteiger partial charge in [-0.1, -0.05) is 24.0 Å². The van der Waals surface area contributed by atoms with E-state index >= 15 is 0 Å². The zero-order chi connectivity index (χ0) is 25.5. The highest BCUT2D eigenvalue weighted by atomic mass is 16.5. The molecule has 5 heteroatoms. The van der Waals surface area contributed by atoms with E-state index in [1.54, 1.807) is 12.1 Å². The fourth-order valence-electron chi connectivity index (χ4n) is 7.08. The van der Waals surface area contributed by atoms with Crippen LogP contribution in [0.1, 0.15) is 75.4 Å². The predicted molar refractivity (Wildman–Crippen MR) is 139 cm³/mol. The Bertz CT molecular complexity index is 1380. The SMILES string of the molecule is O=C(O)c1ccc(C(=O)O)c(C#Cc2ccc(Oc3ccc(C4C5CC6CC(C5)CC4C6)cc3)cc2)c1. The van der Waals surface area contributed by atoms with Crippen LogP contribution in [0, 0.1) is 35.5 Å². The van der Waals surface area contributed by atoms with Crippen molar-refractivity contribution in [1.82, 2.24) is 0 Å². The molecule has 4 fully saturated rings. The summed E-state index contributed by atoms with van der Waals surface area (Å²) < 4.78 is 6.06. The lowest BCUT2D eigenvalue weighted by Crippen LogP contribution is -2.43. The Kier molecular flexibility index (Phi) is 5.96.